The normalized spacial score (nSPS) is 11.0. The fourth-order valence-electron chi connectivity index (χ4n) is 1.78. The molecule has 0 saturated carbocycles. The minimum absolute atomic E-state index is 0.560. The number of rotatable bonds is 3. The topological polar surface area (TPSA) is 21.1 Å². The van der Waals surface area contributed by atoms with E-state index < -0.39 is 0 Å². The van der Waals surface area contributed by atoms with Gasteiger partial charge in [0.1, 0.15) is 5.82 Å². The van der Waals surface area contributed by atoms with E-state index in [1.54, 1.807) is 0 Å². The summed E-state index contributed by atoms with van der Waals surface area (Å²) in [6.45, 7) is 0. The van der Waals surface area contributed by atoms with Crippen molar-refractivity contribution in [2.24, 2.45) is 0 Å². The highest BCUT2D eigenvalue weighted by molar-refractivity contribution is 6.31. The van der Waals surface area contributed by atoms with Crippen molar-refractivity contribution in [3.8, 4) is 0 Å². The van der Waals surface area contributed by atoms with E-state index in [0.717, 1.165) is 23.3 Å². The van der Waals surface area contributed by atoms with Crippen molar-refractivity contribution in [3.05, 3.63) is 29.0 Å². The highest BCUT2D eigenvalue weighted by Crippen LogP contribution is 2.21. The van der Waals surface area contributed by atoms with Gasteiger partial charge in [0.15, 0.2) is 0 Å². The summed E-state index contributed by atoms with van der Waals surface area (Å²) >= 11 is 11.8. The molecule has 16 heavy (non-hydrogen) atoms. The maximum atomic E-state index is 6.00. The minimum atomic E-state index is 0.560. The summed E-state index contributed by atoms with van der Waals surface area (Å²) in [5.41, 5.74) is 1.95. The summed E-state index contributed by atoms with van der Waals surface area (Å²) in [6, 6.07) is 5.69. The summed E-state index contributed by atoms with van der Waals surface area (Å²) < 4.78 is 2.03. The van der Waals surface area contributed by atoms with Crippen molar-refractivity contribution in [2.45, 2.75) is 6.42 Å². The van der Waals surface area contributed by atoms with Gasteiger partial charge in [-0.25, -0.2) is 9.66 Å². The van der Waals surface area contributed by atoms with E-state index in [4.69, 9.17) is 23.2 Å². The van der Waals surface area contributed by atoms with Crippen LogP contribution in [0.15, 0.2) is 18.2 Å². The molecule has 0 bridgehead atoms. The zero-order chi connectivity index (χ0) is 11.7. The average Bonchev–Trinajstić information content (AvgIpc) is 2.55. The maximum Gasteiger partial charge on any atom is 0.130 e. The Morgan fingerprint density at radius 3 is 2.75 bits per heavy atom. The molecular formula is C11H13Cl2N3. The summed E-state index contributed by atoms with van der Waals surface area (Å²) in [6.07, 6.45) is 0.742. The van der Waals surface area contributed by atoms with Crippen LogP contribution in [0.1, 0.15) is 5.82 Å². The molecule has 5 heteroatoms. The molecule has 3 nitrogen and oxygen atoms in total. The Morgan fingerprint density at radius 2 is 2.12 bits per heavy atom. The van der Waals surface area contributed by atoms with Gasteiger partial charge in [0.25, 0.3) is 0 Å². The Bertz CT molecular complexity index is 505. The molecule has 2 aromatic rings. The van der Waals surface area contributed by atoms with Crippen LogP contribution in [0.2, 0.25) is 5.02 Å². The molecule has 1 aromatic heterocycles. The average molecular weight is 258 g/mol. The lowest BCUT2D eigenvalue weighted by molar-refractivity contribution is 0.703. The molecule has 86 valence electrons. The molecule has 2 rings (SSSR count). The van der Waals surface area contributed by atoms with Gasteiger partial charge < -0.3 is 5.01 Å². The number of nitrogens with zero attached hydrogens (tertiary/aromatic N) is 3. The Morgan fingerprint density at radius 1 is 1.38 bits per heavy atom. The van der Waals surface area contributed by atoms with Crippen LogP contribution in [-0.4, -0.2) is 29.6 Å². The maximum absolute atomic E-state index is 6.00. The lowest BCUT2D eigenvalue weighted by atomic mass is 10.3. The van der Waals surface area contributed by atoms with Gasteiger partial charge in [0, 0.05) is 31.4 Å². The first-order chi connectivity index (χ1) is 7.63. The second kappa shape index (κ2) is 4.52. The van der Waals surface area contributed by atoms with Crippen molar-refractivity contribution < 1.29 is 0 Å². The molecule has 0 aliphatic heterocycles. The fourth-order valence-corrected chi connectivity index (χ4v) is 2.11. The molecule has 0 aliphatic carbocycles. The van der Waals surface area contributed by atoms with Gasteiger partial charge in [-0.15, -0.1) is 11.6 Å². The number of hydrogen-bond donors (Lipinski definition) is 0. The molecule has 1 aromatic carbocycles. The van der Waals surface area contributed by atoms with E-state index in [1.807, 2.05) is 42.0 Å². The lowest BCUT2D eigenvalue weighted by Gasteiger charge is -2.17. The smallest absolute Gasteiger partial charge is 0.130 e. The number of hydrogen-bond acceptors (Lipinski definition) is 2. The largest absolute Gasteiger partial charge is 0.317 e. The van der Waals surface area contributed by atoms with Crippen LogP contribution >= 0.6 is 23.2 Å². The van der Waals surface area contributed by atoms with E-state index in [9.17, 15) is 0 Å². The predicted molar refractivity (Wildman–Crippen MR) is 69.2 cm³/mol. The lowest BCUT2D eigenvalue weighted by Crippen LogP contribution is -2.26. The van der Waals surface area contributed by atoms with Crippen molar-refractivity contribution in [2.75, 3.05) is 25.0 Å². The van der Waals surface area contributed by atoms with Crippen molar-refractivity contribution in [3.63, 3.8) is 0 Å². The second-order valence-electron chi connectivity index (χ2n) is 3.76. The molecule has 1 heterocycles. The van der Waals surface area contributed by atoms with Gasteiger partial charge in [-0.05, 0) is 18.2 Å². The first kappa shape index (κ1) is 11.6. The van der Waals surface area contributed by atoms with Crippen molar-refractivity contribution in [1.29, 1.82) is 0 Å². The van der Waals surface area contributed by atoms with Crippen LogP contribution < -0.4 is 5.01 Å². The molecule has 0 radical (unpaired) electrons. The number of aromatic nitrogens is 2. The molecule has 0 amide bonds. The van der Waals surface area contributed by atoms with Crippen LogP contribution in [-0.2, 0) is 6.42 Å². The van der Waals surface area contributed by atoms with E-state index in [0.29, 0.717) is 10.9 Å². The zero-order valence-electron chi connectivity index (χ0n) is 9.24. The molecule has 0 atom stereocenters. The molecule has 0 spiro atoms. The number of imidazole rings is 1. The van der Waals surface area contributed by atoms with Crippen LogP contribution in [0.3, 0.4) is 0 Å². The van der Waals surface area contributed by atoms with Gasteiger partial charge in [-0.2, -0.15) is 0 Å². The van der Waals surface area contributed by atoms with Crippen LogP contribution in [0.4, 0.5) is 0 Å². The van der Waals surface area contributed by atoms with Crippen LogP contribution in [0.5, 0.6) is 0 Å². The van der Waals surface area contributed by atoms with Gasteiger partial charge >= 0.3 is 0 Å². The Kier molecular flexibility index (Phi) is 3.26. The third-order valence-corrected chi connectivity index (χ3v) is 2.80. The molecule has 0 N–H and O–H groups in total. The molecule has 0 unspecified atom stereocenters. The molecule has 0 aliphatic rings. The Hall–Kier alpha value is -0.930. The highest BCUT2D eigenvalue weighted by Gasteiger charge is 2.11. The van der Waals surface area contributed by atoms with Gasteiger partial charge in [-0.3, -0.25) is 0 Å². The summed E-state index contributed by atoms with van der Waals surface area (Å²) in [5, 5.41) is 2.70. The van der Waals surface area contributed by atoms with Gasteiger partial charge in [0.2, 0.25) is 0 Å². The summed E-state index contributed by atoms with van der Waals surface area (Å²) in [4.78, 5) is 4.54. The first-order valence-electron chi connectivity index (χ1n) is 5.04. The molecule has 0 saturated heterocycles. The number of aryl methyl sites for hydroxylation is 1. The predicted octanol–water partition coefficient (Wildman–Crippen LogP) is 2.67. The first-order valence-corrected chi connectivity index (χ1v) is 5.95. The third-order valence-electron chi connectivity index (χ3n) is 2.38. The second-order valence-corrected chi connectivity index (χ2v) is 4.57. The number of alkyl halides is 1. The summed E-state index contributed by atoms with van der Waals surface area (Å²) in [5.74, 6) is 1.52. The summed E-state index contributed by atoms with van der Waals surface area (Å²) in [7, 11) is 3.94. The van der Waals surface area contributed by atoms with Gasteiger partial charge in [-0.1, -0.05) is 11.6 Å². The van der Waals surface area contributed by atoms with Crippen LogP contribution in [0, 0.1) is 0 Å². The van der Waals surface area contributed by atoms with E-state index >= 15 is 0 Å². The Balaban J connectivity index is 2.67. The fraction of sp³-hybridized carbons (Fsp3) is 0.364. The molecular weight excluding hydrogens is 245 g/mol. The van der Waals surface area contributed by atoms with Gasteiger partial charge in [0.05, 0.1) is 11.0 Å². The monoisotopic (exact) mass is 257 g/mol. The van der Waals surface area contributed by atoms with E-state index in [1.165, 1.54) is 0 Å². The van der Waals surface area contributed by atoms with Crippen molar-refractivity contribution in [1.82, 2.24) is 9.66 Å². The minimum Gasteiger partial charge on any atom is -0.317 e. The van der Waals surface area contributed by atoms with E-state index in [-0.39, 0.29) is 0 Å². The number of halogens is 2. The van der Waals surface area contributed by atoms with Crippen LogP contribution in [0.25, 0.3) is 11.0 Å². The quantitative estimate of drug-likeness (QED) is 0.789. The zero-order valence-corrected chi connectivity index (χ0v) is 10.8. The molecule has 0 fully saturated rings. The number of fused-ring (bicyclic) bond motifs is 1. The van der Waals surface area contributed by atoms with Crippen molar-refractivity contribution >= 4 is 34.2 Å². The highest BCUT2D eigenvalue weighted by atomic mass is 35.5. The van der Waals surface area contributed by atoms with E-state index in [2.05, 4.69) is 4.98 Å². The standard InChI is InChI=1S/C11H13Cl2N3/c1-15(2)16-10-7-8(13)3-4-9(10)14-11(16)5-6-12/h3-4,7H,5-6H2,1-2H3. The SMILES string of the molecule is CN(C)n1c(CCCl)nc2ccc(Cl)cc21. The third kappa shape index (κ3) is 1.97. The number of benzene rings is 1. The Labute approximate surface area is 105 Å².